The zero-order chi connectivity index (χ0) is 27.6. The van der Waals surface area contributed by atoms with Gasteiger partial charge < -0.3 is 10.6 Å². The Morgan fingerprint density at radius 3 is 2.44 bits per heavy atom. The van der Waals surface area contributed by atoms with Crippen LogP contribution in [-0.4, -0.2) is 35.3 Å². The Morgan fingerprint density at radius 2 is 1.72 bits per heavy atom. The SMILES string of the molecule is Cc1cccc2c1CN(S(=O)(=O)c1ccc(Cl)c(Cl)c1)CC(CCc1ccccc1)N2Cc1ncc(N)cn1. The highest BCUT2D eigenvalue weighted by molar-refractivity contribution is 7.89. The van der Waals surface area contributed by atoms with E-state index in [9.17, 15) is 8.42 Å². The topological polar surface area (TPSA) is 92.4 Å². The molecule has 0 radical (unpaired) electrons. The average molecular weight is 583 g/mol. The number of aromatic nitrogens is 2. The van der Waals surface area contributed by atoms with Gasteiger partial charge in [-0.25, -0.2) is 18.4 Å². The molecule has 1 atom stereocenters. The van der Waals surface area contributed by atoms with Gasteiger partial charge in [0.25, 0.3) is 0 Å². The molecule has 0 saturated heterocycles. The van der Waals surface area contributed by atoms with Gasteiger partial charge in [0.2, 0.25) is 10.0 Å². The van der Waals surface area contributed by atoms with E-state index < -0.39 is 10.0 Å². The summed E-state index contributed by atoms with van der Waals surface area (Å²) in [7, 11) is -3.89. The Morgan fingerprint density at radius 1 is 0.974 bits per heavy atom. The largest absolute Gasteiger partial charge is 0.396 e. The molecule has 0 bridgehead atoms. The molecule has 1 aliphatic heterocycles. The highest BCUT2D eigenvalue weighted by Crippen LogP contribution is 2.36. The van der Waals surface area contributed by atoms with Gasteiger partial charge in [0.1, 0.15) is 5.82 Å². The highest BCUT2D eigenvalue weighted by Gasteiger charge is 2.35. The van der Waals surface area contributed by atoms with Crippen LogP contribution in [0.15, 0.2) is 84.0 Å². The van der Waals surface area contributed by atoms with Crippen LogP contribution in [0.5, 0.6) is 0 Å². The van der Waals surface area contributed by atoms with Gasteiger partial charge in [0.15, 0.2) is 0 Å². The number of fused-ring (bicyclic) bond motifs is 1. The second-order valence-corrected chi connectivity index (χ2v) is 12.4. The van der Waals surface area contributed by atoms with Crippen molar-refractivity contribution in [2.24, 2.45) is 0 Å². The number of aryl methyl sites for hydroxylation is 2. The number of halogens is 2. The molecule has 202 valence electrons. The van der Waals surface area contributed by atoms with E-state index in [-0.39, 0.29) is 29.0 Å². The van der Waals surface area contributed by atoms with Crippen molar-refractivity contribution in [3.05, 3.63) is 112 Å². The number of hydrogen-bond acceptors (Lipinski definition) is 6. The van der Waals surface area contributed by atoms with E-state index >= 15 is 0 Å². The molecule has 2 heterocycles. The van der Waals surface area contributed by atoms with Gasteiger partial charge in [-0.15, -0.1) is 0 Å². The van der Waals surface area contributed by atoms with Crippen molar-refractivity contribution in [1.82, 2.24) is 14.3 Å². The Kier molecular flexibility index (Phi) is 8.09. The van der Waals surface area contributed by atoms with Crippen LogP contribution in [0, 0.1) is 6.92 Å². The molecule has 0 saturated carbocycles. The van der Waals surface area contributed by atoms with Crippen LogP contribution in [0.2, 0.25) is 10.0 Å². The Bertz CT molecular complexity index is 1570. The third-order valence-corrected chi connectivity index (χ3v) is 9.61. The van der Waals surface area contributed by atoms with Gasteiger partial charge in [0.05, 0.1) is 39.6 Å². The predicted octanol–water partition coefficient (Wildman–Crippen LogP) is 5.89. The van der Waals surface area contributed by atoms with E-state index in [1.165, 1.54) is 23.8 Å². The summed E-state index contributed by atoms with van der Waals surface area (Å²) in [5, 5.41) is 0.509. The molecule has 1 aromatic heterocycles. The summed E-state index contributed by atoms with van der Waals surface area (Å²) in [6.07, 6.45) is 4.70. The standard InChI is InChI=1S/C29H29Cl2N5O2S/c1-20-6-5-9-28-25(20)18-35(39(37,38)24-12-13-26(30)27(31)14-24)17-23(11-10-21-7-3-2-4-8-21)36(28)19-29-33-15-22(32)16-34-29/h2-9,12-16,23H,10-11,17-19,32H2,1H3. The molecule has 7 nitrogen and oxygen atoms in total. The van der Waals surface area contributed by atoms with Crippen LogP contribution in [-0.2, 0) is 29.5 Å². The number of nitrogen functional groups attached to an aromatic ring is 1. The second kappa shape index (κ2) is 11.5. The Labute approximate surface area is 239 Å². The van der Waals surface area contributed by atoms with Gasteiger partial charge in [-0.2, -0.15) is 4.31 Å². The van der Waals surface area contributed by atoms with Crippen molar-refractivity contribution in [2.75, 3.05) is 17.2 Å². The molecule has 0 aliphatic carbocycles. The van der Waals surface area contributed by atoms with Crippen LogP contribution in [0.4, 0.5) is 11.4 Å². The van der Waals surface area contributed by atoms with Crippen LogP contribution < -0.4 is 10.6 Å². The van der Waals surface area contributed by atoms with Crippen molar-refractivity contribution < 1.29 is 8.42 Å². The molecule has 39 heavy (non-hydrogen) atoms. The van der Waals surface area contributed by atoms with Crippen molar-refractivity contribution in [3.8, 4) is 0 Å². The van der Waals surface area contributed by atoms with E-state index in [1.54, 1.807) is 16.7 Å². The molecule has 5 rings (SSSR count). The molecular formula is C29H29Cl2N5O2S. The van der Waals surface area contributed by atoms with Gasteiger partial charge in [-0.05, 0) is 60.7 Å². The summed E-state index contributed by atoms with van der Waals surface area (Å²) in [5.41, 5.74) is 10.4. The fourth-order valence-corrected chi connectivity index (χ4v) is 6.78. The number of benzene rings is 3. The fraction of sp³-hybridized carbons (Fsp3) is 0.241. The number of nitrogens with two attached hydrogens (primary N) is 1. The number of sulfonamides is 1. The lowest BCUT2D eigenvalue weighted by atomic mass is 10.0. The maximum Gasteiger partial charge on any atom is 0.243 e. The lowest BCUT2D eigenvalue weighted by Gasteiger charge is -2.34. The van der Waals surface area contributed by atoms with Crippen LogP contribution >= 0.6 is 23.2 Å². The molecule has 10 heteroatoms. The fourth-order valence-electron chi connectivity index (χ4n) is 4.94. The monoisotopic (exact) mass is 581 g/mol. The van der Waals surface area contributed by atoms with Gasteiger partial charge in [-0.1, -0.05) is 65.7 Å². The van der Waals surface area contributed by atoms with E-state index in [0.717, 1.165) is 29.7 Å². The van der Waals surface area contributed by atoms with Crippen molar-refractivity contribution in [3.63, 3.8) is 0 Å². The zero-order valence-corrected chi connectivity index (χ0v) is 23.8. The van der Waals surface area contributed by atoms with E-state index in [4.69, 9.17) is 28.9 Å². The smallest absolute Gasteiger partial charge is 0.243 e. The summed E-state index contributed by atoms with van der Waals surface area (Å²) in [6.45, 7) is 2.92. The van der Waals surface area contributed by atoms with E-state index in [2.05, 4.69) is 27.0 Å². The van der Waals surface area contributed by atoms with Gasteiger partial charge in [-0.3, -0.25) is 0 Å². The first-order valence-electron chi connectivity index (χ1n) is 12.6. The molecule has 1 unspecified atom stereocenters. The number of hydrogen-bond donors (Lipinski definition) is 1. The van der Waals surface area contributed by atoms with E-state index in [0.29, 0.717) is 23.1 Å². The summed E-state index contributed by atoms with van der Waals surface area (Å²) in [5.74, 6) is 0.613. The minimum absolute atomic E-state index is 0.115. The van der Waals surface area contributed by atoms with Crippen molar-refractivity contribution in [1.29, 1.82) is 0 Å². The van der Waals surface area contributed by atoms with Gasteiger partial charge in [0, 0.05) is 24.8 Å². The van der Waals surface area contributed by atoms with Crippen molar-refractivity contribution >= 4 is 44.6 Å². The Hall–Kier alpha value is -3.17. The maximum atomic E-state index is 14.0. The summed E-state index contributed by atoms with van der Waals surface area (Å²) in [4.78, 5) is 11.2. The predicted molar refractivity (Wildman–Crippen MR) is 156 cm³/mol. The number of rotatable bonds is 7. The average Bonchev–Trinajstić information content (AvgIpc) is 3.09. The van der Waals surface area contributed by atoms with E-state index in [1.807, 2.05) is 43.3 Å². The quantitative estimate of drug-likeness (QED) is 0.292. The third-order valence-electron chi connectivity index (χ3n) is 7.06. The molecule has 0 amide bonds. The zero-order valence-electron chi connectivity index (χ0n) is 21.5. The summed E-state index contributed by atoms with van der Waals surface area (Å²) >= 11 is 12.3. The number of anilines is 2. The first kappa shape index (κ1) is 27.4. The first-order chi connectivity index (χ1) is 18.7. The summed E-state index contributed by atoms with van der Waals surface area (Å²) in [6, 6.07) is 20.5. The second-order valence-electron chi connectivity index (χ2n) is 9.68. The van der Waals surface area contributed by atoms with Crippen molar-refractivity contribution in [2.45, 2.75) is 43.8 Å². The minimum Gasteiger partial charge on any atom is -0.396 e. The molecular weight excluding hydrogens is 553 g/mol. The summed E-state index contributed by atoms with van der Waals surface area (Å²) < 4.78 is 29.6. The van der Waals surface area contributed by atoms with Crippen LogP contribution in [0.25, 0.3) is 0 Å². The third kappa shape index (κ3) is 6.04. The molecule has 3 aromatic carbocycles. The lowest BCUT2D eigenvalue weighted by Crippen LogP contribution is -2.43. The molecule has 1 aliphatic rings. The Balaban J connectivity index is 1.58. The maximum absolute atomic E-state index is 14.0. The van der Waals surface area contributed by atoms with Gasteiger partial charge >= 0.3 is 0 Å². The number of nitrogens with zero attached hydrogens (tertiary/aromatic N) is 4. The minimum atomic E-state index is -3.89. The molecule has 4 aromatic rings. The lowest BCUT2D eigenvalue weighted by molar-refractivity contribution is 0.369. The van der Waals surface area contributed by atoms with Crippen LogP contribution in [0.1, 0.15) is 28.9 Å². The van der Waals surface area contributed by atoms with Crippen LogP contribution in [0.3, 0.4) is 0 Å². The first-order valence-corrected chi connectivity index (χ1v) is 14.8. The molecule has 0 fully saturated rings. The normalized spacial score (nSPS) is 16.1. The molecule has 0 spiro atoms. The highest BCUT2D eigenvalue weighted by atomic mass is 35.5. The molecule has 2 N–H and O–H groups in total.